The van der Waals surface area contributed by atoms with Crippen LogP contribution in [0.15, 0.2) is 33.7 Å². The second-order valence-corrected chi connectivity index (χ2v) is 5.48. The first-order chi connectivity index (χ1) is 7.79. The van der Waals surface area contributed by atoms with Crippen LogP contribution in [0, 0.1) is 0 Å². The van der Waals surface area contributed by atoms with Crippen LogP contribution in [0.1, 0.15) is 5.89 Å². The topological polar surface area (TPSA) is 80.4 Å². The predicted molar refractivity (Wildman–Crippen MR) is 69.3 cm³/mol. The fourth-order valence-electron chi connectivity index (χ4n) is 1.01. The highest BCUT2D eigenvalue weighted by Crippen LogP contribution is 2.20. The van der Waals surface area contributed by atoms with Crippen molar-refractivity contribution in [2.45, 2.75) is 0 Å². The Bertz CT molecular complexity index is 625. The molecule has 2 rings (SSSR count). The summed E-state index contributed by atoms with van der Waals surface area (Å²) in [5, 5.41) is 0. The summed E-state index contributed by atoms with van der Waals surface area (Å²) in [6.45, 7) is 3.58. The Morgan fingerprint density at radius 1 is 1.53 bits per heavy atom. The van der Waals surface area contributed by atoms with Crippen molar-refractivity contribution >= 4 is 43.2 Å². The molecule has 0 spiro atoms. The molecule has 0 unspecified atom stereocenters. The van der Waals surface area contributed by atoms with Gasteiger partial charge in [0.25, 0.3) is 10.1 Å². The number of halogens is 1. The van der Waals surface area contributed by atoms with Crippen molar-refractivity contribution in [3.63, 3.8) is 0 Å². The van der Waals surface area contributed by atoms with E-state index in [1.54, 1.807) is 6.08 Å². The molecule has 17 heavy (non-hydrogen) atoms. The van der Waals surface area contributed by atoms with Gasteiger partial charge in [-0.1, -0.05) is 22.5 Å². The summed E-state index contributed by atoms with van der Waals surface area (Å²) in [7, 11) is -3.67. The summed E-state index contributed by atoms with van der Waals surface area (Å²) in [4.78, 5) is 4.18. The zero-order valence-corrected chi connectivity index (χ0v) is 11.3. The van der Waals surface area contributed by atoms with Gasteiger partial charge in [0.15, 0.2) is 5.58 Å². The molecule has 1 N–H and O–H groups in total. The highest BCUT2D eigenvalue weighted by Gasteiger charge is 2.01. The summed E-state index contributed by atoms with van der Waals surface area (Å²) in [5.74, 6) is 0.558. The van der Waals surface area contributed by atoms with E-state index in [0.717, 1.165) is 15.6 Å². The maximum atomic E-state index is 9.19. The van der Waals surface area contributed by atoms with Crippen molar-refractivity contribution in [1.82, 2.24) is 4.98 Å². The number of oxazole rings is 1. The molecule has 0 amide bonds. The average Bonchev–Trinajstić information content (AvgIpc) is 2.57. The zero-order chi connectivity index (χ0) is 13.1. The summed E-state index contributed by atoms with van der Waals surface area (Å²) in [6.07, 6.45) is 2.31. The molecule has 0 bridgehead atoms. The molecule has 5 nitrogen and oxygen atoms in total. The fraction of sp³-hybridized carbons (Fsp3) is 0.100. The van der Waals surface area contributed by atoms with Gasteiger partial charge in [-0.3, -0.25) is 4.55 Å². The Kier molecular flexibility index (Phi) is 4.44. The standard InChI is InChI=1S/C9H6BrNO.CH4O3S/c1-2-9-11-7-5-6(10)3-4-8(7)12-9;1-5(2,3)4/h2-5H,1H2;1H3,(H,2,3,4). The molecule has 0 atom stereocenters. The molecule has 0 aliphatic heterocycles. The van der Waals surface area contributed by atoms with Gasteiger partial charge in [-0.2, -0.15) is 8.42 Å². The van der Waals surface area contributed by atoms with Gasteiger partial charge >= 0.3 is 0 Å². The van der Waals surface area contributed by atoms with Gasteiger partial charge in [0.05, 0.1) is 6.26 Å². The molecule has 0 fully saturated rings. The first-order valence-corrected chi connectivity index (χ1v) is 7.04. The quantitative estimate of drug-likeness (QED) is 0.817. The Morgan fingerprint density at radius 2 is 2.12 bits per heavy atom. The van der Waals surface area contributed by atoms with E-state index < -0.39 is 10.1 Å². The van der Waals surface area contributed by atoms with Gasteiger partial charge in [0, 0.05) is 4.47 Å². The van der Waals surface area contributed by atoms with Crippen molar-refractivity contribution in [2.24, 2.45) is 0 Å². The Morgan fingerprint density at radius 3 is 2.65 bits per heavy atom. The maximum absolute atomic E-state index is 9.19. The van der Waals surface area contributed by atoms with E-state index in [0.29, 0.717) is 12.1 Å². The van der Waals surface area contributed by atoms with Crippen molar-refractivity contribution in [3.05, 3.63) is 35.1 Å². The van der Waals surface area contributed by atoms with Crippen molar-refractivity contribution in [3.8, 4) is 0 Å². The number of fused-ring (bicyclic) bond motifs is 1. The van der Waals surface area contributed by atoms with E-state index in [1.807, 2.05) is 18.2 Å². The fourth-order valence-corrected chi connectivity index (χ4v) is 1.35. The summed E-state index contributed by atoms with van der Waals surface area (Å²) >= 11 is 3.36. The van der Waals surface area contributed by atoms with E-state index in [2.05, 4.69) is 27.5 Å². The lowest BCUT2D eigenvalue weighted by atomic mass is 10.3. The Balaban J connectivity index is 0.000000249. The van der Waals surface area contributed by atoms with Crippen LogP contribution in [0.4, 0.5) is 0 Å². The number of hydrogen-bond donors (Lipinski definition) is 1. The third kappa shape index (κ3) is 5.12. The molecule has 0 aliphatic carbocycles. The second kappa shape index (κ2) is 5.44. The molecule has 0 radical (unpaired) electrons. The van der Waals surface area contributed by atoms with Crippen molar-refractivity contribution < 1.29 is 17.4 Å². The van der Waals surface area contributed by atoms with Crippen LogP contribution < -0.4 is 0 Å². The third-order valence-electron chi connectivity index (χ3n) is 1.54. The summed E-state index contributed by atoms with van der Waals surface area (Å²) in [6, 6.07) is 5.70. The third-order valence-corrected chi connectivity index (χ3v) is 2.03. The van der Waals surface area contributed by atoms with Crippen molar-refractivity contribution in [2.75, 3.05) is 6.26 Å². The van der Waals surface area contributed by atoms with Crippen LogP contribution in [0.5, 0.6) is 0 Å². The number of rotatable bonds is 1. The molecule has 0 saturated carbocycles. The molecular formula is C10H10BrNO4S. The number of aromatic nitrogens is 1. The second-order valence-electron chi connectivity index (χ2n) is 3.10. The lowest BCUT2D eigenvalue weighted by Crippen LogP contribution is -1.88. The van der Waals surface area contributed by atoms with Gasteiger partial charge < -0.3 is 4.42 Å². The monoisotopic (exact) mass is 319 g/mol. The summed E-state index contributed by atoms with van der Waals surface area (Å²) in [5.41, 5.74) is 1.63. The maximum Gasteiger partial charge on any atom is 0.261 e. The minimum atomic E-state index is -3.67. The Labute approximate surface area is 107 Å². The van der Waals surface area contributed by atoms with E-state index in [1.165, 1.54) is 0 Å². The summed E-state index contributed by atoms with van der Waals surface area (Å²) < 4.78 is 32.2. The molecule has 0 saturated heterocycles. The largest absolute Gasteiger partial charge is 0.437 e. The molecule has 1 heterocycles. The first-order valence-electron chi connectivity index (χ1n) is 4.40. The lowest BCUT2D eigenvalue weighted by Gasteiger charge is -1.85. The molecule has 2 aromatic rings. The van der Waals surface area contributed by atoms with Crippen molar-refractivity contribution in [1.29, 1.82) is 0 Å². The smallest absolute Gasteiger partial charge is 0.261 e. The normalized spacial score (nSPS) is 10.8. The van der Waals surface area contributed by atoms with Gasteiger partial charge in [-0.15, -0.1) is 0 Å². The first kappa shape index (κ1) is 13.9. The van der Waals surface area contributed by atoms with E-state index in [-0.39, 0.29) is 0 Å². The van der Waals surface area contributed by atoms with Gasteiger partial charge in [-0.25, -0.2) is 4.98 Å². The number of benzene rings is 1. The molecular weight excluding hydrogens is 310 g/mol. The minimum absolute atomic E-state index is 0.558. The minimum Gasteiger partial charge on any atom is -0.437 e. The lowest BCUT2D eigenvalue weighted by molar-refractivity contribution is 0.490. The number of nitrogens with zero attached hydrogens (tertiary/aromatic N) is 1. The van der Waals surface area contributed by atoms with Crippen LogP contribution in [0.3, 0.4) is 0 Å². The Hall–Kier alpha value is -1.18. The highest BCUT2D eigenvalue weighted by atomic mass is 79.9. The highest BCUT2D eigenvalue weighted by molar-refractivity contribution is 9.10. The van der Waals surface area contributed by atoms with E-state index in [4.69, 9.17) is 8.97 Å². The van der Waals surface area contributed by atoms with Crippen LogP contribution in [-0.4, -0.2) is 24.2 Å². The van der Waals surface area contributed by atoms with Gasteiger partial charge in [-0.05, 0) is 24.3 Å². The average molecular weight is 320 g/mol. The van der Waals surface area contributed by atoms with Crippen LogP contribution >= 0.6 is 15.9 Å². The predicted octanol–water partition coefficient (Wildman–Crippen LogP) is 2.74. The van der Waals surface area contributed by atoms with Gasteiger partial charge in [0.2, 0.25) is 5.89 Å². The molecule has 0 aliphatic rings. The SMILES string of the molecule is C=Cc1nc2cc(Br)ccc2o1.CS(=O)(=O)O. The van der Waals surface area contributed by atoms with E-state index >= 15 is 0 Å². The van der Waals surface area contributed by atoms with Crippen LogP contribution in [0.25, 0.3) is 17.2 Å². The van der Waals surface area contributed by atoms with Crippen LogP contribution in [0.2, 0.25) is 0 Å². The number of hydrogen-bond acceptors (Lipinski definition) is 4. The molecule has 1 aromatic heterocycles. The molecule has 1 aromatic carbocycles. The molecule has 92 valence electrons. The van der Waals surface area contributed by atoms with Gasteiger partial charge in [0.1, 0.15) is 5.52 Å². The van der Waals surface area contributed by atoms with Crippen LogP contribution in [-0.2, 0) is 10.1 Å². The van der Waals surface area contributed by atoms with E-state index in [9.17, 15) is 8.42 Å². The zero-order valence-electron chi connectivity index (χ0n) is 8.92. The molecule has 7 heteroatoms.